The lowest BCUT2D eigenvalue weighted by Crippen LogP contribution is -2.48. The van der Waals surface area contributed by atoms with Crippen LogP contribution in [0.1, 0.15) is 85.3 Å². The maximum atomic E-state index is 13.3. The summed E-state index contributed by atoms with van der Waals surface area (Å²) in [7, 11) is 0. The molecule has 7 heteroatoms. The van der Waals surface area contributed by atoms with E-state index in [0.717, 1.165) is 79.8 Å². The Morgan fingerprint density at radius 2 is 1.93 bits per heavy atom. The highest BCUT2D eigenvalue weighted by molar-refractivity contribution is 5.94. The van der Waals surface area contributed by atoms with Crippen molar-refractivity contribution >= 4 is 5.91 Å². The molecule has 7 nitrogen and oxygen atoms in total. The van der Waals surface area contributed by atoms with Gasteiger partial charge in [-0.3, -0.25) is 14.7 Å². The molecule has 0 radical (unpaired) electrons. The minimum absolute atomic E-state index is 0.00892. The molecular weight excluding hydrogens is 366 g/mol. The van der Waals surface area contributed by atoms with Crippen LogP contribution in [0, 0.1) is 0 Å². The molecule has 1 fully saturated rings. The largest absolute Gasteiger partial charge is 0.336 e. The lowest BCUT2D eigenvalue weighted by atomic mass is 9.77. The first-order valence-electron chi connectivity index (χ1n) is 10.8. The minimum atomic E-state index is -0.224. The van der Waals surface area contributed by atoms with E-state index in [2.05, 4.69) is 36.0 Å². The maximum Gasteiger partial charge on any atom is 0.274 e. The van der Waals surface area contributed by atoms with Gasteiger partial charge in [0, 0.05) is 40.7 Å². The molecule has 2 aliphatic carbocycles. The summed E-state index contributed by atoms with van der Waals surface area (Å²) in [5.74, 6) is 0.758. The fourth-order valence-corrected chi connectivity index (χ4v) is 5.35. The van der Waals surface area contributed by atoms with Crippen LogP contribution in [0.2, 0.25) is 0 Å². The molecule has 3 heterocycles. The molecule has 1 aliphatic heterocycles. The van der Waals surface area contributed by atoms with Gasteiger partial charge in [-0.1, -0.05) is 20.8 Å². The van der Waals surface area contributed by atoms with E-state index in [0.29, 0.717) is 12.2 Å². The predicted molar refractivity (Wildman–Crippen MR) is 109 cm³/mol. The van der Waals surface area contributed by atoms with Crippen molar-refractivity contribution in [2.24, 2.45) is 0 Å². The van der Waals surface area contributed by atoms with E-state index in [4.69, 9.17) is 4.98 Å². The van der Waals surface area contributed by atoms with Crippen LogP contribution in [0.4, 0.5) is 0 Å². The van der Waals surface area contributed by atoms with Crippen LogP contribution in [-0.4, -0.2) is 44.1 Å². The van der Waals surface area contributed by atoms with E-state index in [1.165, 1.54) is 0 Å². The van der Waals surface area contributed by atoms with Crippen molar-refractivity contribution in [2.45, 2.75) is 76.5 Å². The molecule has 3 aliphatic rings. The average Bonchev–Trinajstić information content (AvgIpc) is 3.36. The van der Waals surface area contributed by atoms with E-state index in [9.17, 15) is 9.59 Å². The first kappa shape index (κ1) is 18.6. The summed E-state index contributed by atoms with van der Waals surface area (Å²) >= 11 is 0. The van der Waals surface area contributed by atoms with Gasteiger partial charge in [0.1, 0.15) is 5.82 Å². The molecule has 1 amide bonds. The number of amides is 1. The third-order valence-electron chi connectivity index (χ3n) is 6.95. The number of rotatable bonds is 1. The lowest BCUT2D eigenvalue weighted by Gasteiger charge is -2.40. The standard InChI is InChI=1S/C22H29N5O2/c1-21(2,3)20-23-17-14(18(28)24-20)8-10-22(17)9-5-11-27(12-22)19(29)16-13-6-4-7-15(13)25-26-16/h4-12H2,1-3H3,(H,25,26)(H,23,24,28). The van der Waals surface area contributed by atoms with Gasteiger partial charge in [0.15, 0.2) is 5.69 Å². The third kappa shape index (κ3) is 2.85. The molecule has 1 atom stereocenters. The van der Waals surface area contributed by atoms with E-state index in [1.54, 1.807) is 0 Å². The number of piperidine rings is 1. The number of aromatic amines is 2. The van der Waals surface area contributed by atoms with Crippen molar-refractivity contribution in [1.29, 1.82) is 0 Å². The average molecular weight is 396 g/mol. The Hall–Kier alpha value is -2.44. The quantitative estimate of drug-likeness (QED) is 0.775. The Balaban J connectivity index is 1.50. The first-order valence-corrected chi connectivity index (χ1v) is 10.8. The van der Waals surface area contributed by atoms with Crippen molar-refractivity contribution in [1.82, 2.24) is 25.1 Å². The van der Waals surface area contributed by atoms with Gasteiger partial charge < -0.3 is 9.88 Å². The summed E-state index contributed by atoms with van der Waals surface area (Å²) in [6, 6.07) is 0. The normalized spacial score (nSPS) is 23.5. The smallest absolute Gasteiger partial charge is 0.274 e. The van der Waals surface area contributed by atoms with Crippen molar-refractivity contribution in [3.63, 3.8) is 0 Å². The van der Waals surface area contributed by atoms with E-state index in [1.807, 2.05) is 4.90 Å². The zero-order valence-electron chi connectivity index (χ0n) is 17.5. The highest BCUT2D eigenvalue weighted by atomic mass is 16.2. The molecule has 0 aromatic carbocycles. The molecular formula is C22H29N5O2. The van der Waals surface area contributed by atoms with Gasteiger partial charge in [-0.05, 0) is 44.9 Å². The molecule has 1 spiro atoms. The van der Waals surface area contributed by atoms with Crippen LogP contribution < -0.4 is 5.56 Å². The lowest BCUT2D eigenvalue weighted by molar-refractivity contribution is 0.0626. The number of hydrogen-bond donors (Lipinski definition) is 2. The highest BCUT2D eigenvalue weighted by Gasteiger charge is 2.46. The Labute approximate surface area is 170 Å². The topological polar surface area (TPSA) is 94.7 Å². The zero-order valence-corrected chi connectivity index (χ0v) is 17.5. The van der Waals surface area contributed by atoms with Gasteiger partial charge in [-0.2, -0.15) is 5.10 Å². The van der Waals surface area contributed by atoms with Crippen LogP contribution in [0.25, 0.3) is 0 Å². The molecule has 1 saturated heterocycles. The van der Waals surface area contributed by atoms with Gasteiger partial charge in [0.25, 0.3) is 11.5 Å². The molecule has 0 saturated carbocycles. The number of fused-ring (bicyclic) bond motifs is 3. The molecule has 2 aromatic heterocycles. The summed E-state index contributed by atoms with van der Waals surface area (Å²) in [6.45, 7) is 7.56. The number of H-pyrrole nitrogens is 2. The fourth-order valence-electron chi connectivity index (χ4n) is 5.35. The minimum Gasteiger partial charge on any atom is -0.336 e. The summed E-state index contributed by atoms with van der Waals surface area (Å²) in [5.41, 5.74) is 4.12. The van der Waals surface area contributed by atoms with Crippen LogP contribution in [0.15, 0.2) is 4.79 Å². The molecule has 2 aromatic rings. The summed E-state index contributed by atoms with van der Waals surface area (Å²) in [6.07, 6.45) is 6.52. The van der Waals surface area contributed by atoms with Gasteiger partial charge in [0.05, 0.1) is 5.69 Å². The SMILES string of the molecule is CC(C)(C)c1nc2c(c(=O)[nH]1)CCC21CCCN(C(=O)c2n[nH]c3c2CCC3)C1. The first-order chi connectivity index (χ1) is 13.8. The second-order valence-electron chi connectivity index (χ2n) is 9.99. The summed E-state index contributed by atoms with van der Waals surface area (Å²) in [4.78, 5) is 36.0. The Morgan fingerprint density at radius 3 is 2.72 bits per heavy atom. The second kappa shape index (κ2) is 6.28. The van der Waals surface area contributed by atoms with E-state index >= 15 is 0 Å². The Morgan fingerprint density at radius 1 is 1.10 bits per heavy atom. The number of nitrogens with one attached hydrogen (secondary N) is 2. The van der Waals surface area contributed by atoms with Crippen molar-refractivity contribution < 1.29 is 4.79 Å². The van der Waals surface area contributed by atoms with Crippen molar-refractivity contribution in [3.8, 4) is 0 Å². The van der Waals surface area contributed by atoms with Crippen LogP contribution in [-0.2, 0) is 30.1 Å². The number of nitrogens with zero attached hydrogens (tertiary/aromatic N) is 3. The Kier molecular flexibility index (Phi) is 4.02. The highest BCUT2D eigenvalue weighted by Crippen LogP contribution is 2.43. The third-order valence-corrected chi connectivity index (χ3v) is 6.95. The molecule has 0 bridgehead atoms. The van der Waals surface area contributed by atoms with Gasteiger partial charge in [-0.25, -0.2) is 4.98 Å². The summed E-state index contributed by atoms with van der Waals surface area (Å²) in [5, 5.41) is 7.41. The number of carbonyl (C=O) groups excluding carboxylic acids is 1. The molecule has 1 unspecified atom stereocenters. The predicted octanol–water partition coefficient (Wildman–Crippen LogP) is 2.40. The Bertz CT molecular complexity index is 1040. The maximum absolute atomic E-state index is 13.3. The van der Waals surface area contributed by atoms with Crippen LogP contribution in [0.5, 0.6) is 0 Å². The van der Waals surface area contributed by atoms with Gasteiger partial charge in [-0.15, -0.1) is 0 Å². The molecule has 2 N–H and O–H groups in total. The molecule has 154 valence electrons. The molecule has 5 rings (SSSR count). The fraction of sp³-hybridized carbons (Fsp3) is 0.636. The number of likely N-dealkylation sites (tertiary alicyclic amines) is 1. The number of aromatic nitrogens is 4. The second-order valence-corrected chi connectivity index (χ2v) is 9.99. The number of hydrogen-bond acceptors (Lipinski definition) is 4. The van der Waals surface area contributed by atoms with Crippen molar-refractivity contribution in [2.75, 3.05) is 13.1 Å². The number of carbonyl (C=O) groups is 1. The van der Waals surface area contributed by atoms with Crippen molar-refractivity contribution in [3.05, 3.63) is 44.4 Å². The monoisotopic (exact) mass is 395 g/mol. The van der Waals surface area contributed by atoms with Gasteiger partial charge >= 0.3 is 0 Å². The number of aryl methyl sites for hydroxylation is 1. The molecule has 29 heavy (non-hydrogen) atoms. The summed E-state index contributed by atoms with van der Waals surface area (Å²) < 4.78 is 0. The van der Waals surface area contributed by atoms with Crippen LogP contribution >= 0.6 is 0 Å². The van der Waals surface area contributed by atoms with Crippen LogP contribution in [0.3, 0.4) is 0 Å². The zero-order chi connectivity index (χ0) is 20.4. The van der Waals surface area contributed by atoms with E-state index in [-0.39, 0.29) is 22.3 Å². The van der Waals surface area contributed by atoms with Gasteiger partial charge in [0.2, 0.25) is 0 Å². The van der Waals surface area contributed by atoms with E-state index < -0.39 is 0 Å².